The molecule has 3 N–H and O–H groups in total. The van der Waals surface area contributed by atoms with Crippen molar-refractivity contribution in [3.8, 4) is 0 Å². The van der Waals surface area contributed by atoms with E-state index in [0.717, 1.165) is 3.57 Å². The number of amides is 2. The van der Waals surface area contributed by atoms with E-state index in [0.29, 0.717) is 18.0 Å². The Bertz CT molecular complexity index is 608. The Morgan fingerprint density at radius 3 is 2.70 bits per heavy atom. The van der Waals surface area contributed by atoms with Crippen LogP contribution in [0, 0.1) is 3.57 Å². The molecule has 1 fully saturated rings. The summed E-state index contributed by atoms with van der Waals surface area (Å²) in [4.78, 5) is 37.4. The van der Waals surface area contributed by atoms with Crippen molar-refractivity contribution in [3.63, 3.8) is 0 Å². The van der Waals surface area contributed by atoms with E-state index in [-0.39, 0.29) is 24.2 Å². The Morgan fingerprint density at radius 2 is 2.09 bits per heavy atom. The fourth-order valence-corrected chi connectivity index (χ4v) is 3.62. The second-order valence-electron chi connectivity index (χ2n) is 5.02. The first kappa shape index (κ1) is 18.2. The maximum absolute atomic E-state index is 12.5. The molecule has 2 rings (SSSR count). The molecule has 2 amide bonds. The topological polar surface area (TPSA) is 91.3 Å². The predicted molar refractivity (Wildman–Crippen MR) is 95.8 cm³/mol. The zero-order chi connectivity index (χ0) is 17.0. The fourth-order valence-electron chi connectivity index (χ4n) is 2.16. The SMILES string of the molecule is CCOC(=O)[C@H]([NH3+])CS[C@@H]1CC(=O)N(c2ccc(I)cc2)C1=O. The second kappa shape index (κ2) is 8.11. The number of carbonyl (C=O) groups is 3. The Labute approximate surface area is 152 Å². The molecular formula is C15H18IN2O4S+. The molecule has 1 aliphatic heterocycles. The number of nitrogens with zero attached hydrogens (tertiary/aromatic N) is 1. The number of esters is 1. The lowest BCUT2D eigenvalue weighted by Gasteiger charge is -2.15. The van der Waals surface area contributed by atoms with Gasteiger partial charge in [-0.1, -0.05) is 0 Å². The lowest BCUT2D eigenvalue weighted by atomic mass is 10.3. The van der Waals surface area contributed by atoms with Crippen molar-refractivity contribution in [2.75, 3.05) is 17.3 Å². The van der Waals surface area contributed by atoms with Gasteiger partial charge in [0.2, 0.25) is 11.8 Å². The smallest absolute Gasteiger partial charge is 0.365 e. The highest BCUT2D eigenvalue weighted by Crippen LogP contribution is 2.30. The molecule has 23 heavy (non-hydrogen) atoms. The number of hydrogen-bond acceptors (Lipinski definition) is 5. The Kier molecular flexibility index (Phi) is 6.42. The van der Waals surface area contributed by atoms with Gasteiger partial charge in [0.1, 0.15) is 0 Å². The van der Waals surface area contributed by atoms with Gasteiger partial charge in [0.05, 0.1) is 23.3 Å². The Balaban J connectivity index is 1.98. The summed E-state index contributed by atoms with van der Waals surface area (Å²) in [5, 5.41) is -0.472. The molecule has 0 radical (unpaired) electrons. The van der Waals surface area contributed by atoms with Crippen LogP contribution in [-0.2, 0) is 19.1 Å². The molecule has 1 aromatic carbocycles. The van der Waals surface area contributed by atoms with E-state index in [1.165, 1.54) is 16.7 Å². The summed E-state index contributed by atoms with van der Waals surface area (Å²) in [6, 6.07) is 6.67. The zero-order valence-corrected chi connectivity index (χ0v) is 15.6. The third kappa shape index (κ3) is 4.45. The Hall–Kier alpha value is -1.13. The first-order valence-electron chi connectivity index (χ1n) is 7.17. The molecule has 8 heteroatoms. The molecule has 124 valence electrons. The molecule has 1 saturated heterocycles. The molecule has 6 nitrogen and oxygen atoms in total. The average Bonchev–Trinajstić information content (AvgIpc) is 2.80. The van der Waals surface area contributed by atoms with Crippen LogP contribution in [0.5, 0.6) is 0 Å². The van der Waals surface area contributed by atoms with Gasteiger partial charge in [0.25, 0.3) is 0 Å². The van der Waals surface area contributed by atoms with E-state index in [2.05, 4.69) is 28.3 Å². The number of imide groups is 1. The summed E-state index contributed by atoms with van der Waals surface area (Å²) in [7, 11) is 0. The minimum Gasteiger partial charge on any atom is -0.462 e. The van der Waals surface area contributed by atoms with Crippen molar-refractivity contribution in [2.24, 2.45) is 0 Å². The normalized spacial score (nSPS) is 19.1. The van der Waals surface area contributed by atoms with Crippen LogP contribution in [-0.4, -0.2) is 41.4 Å². The van der Waals surface area contributed by atoms with Crippen LogP contribution in [0.3, 0.4) is 0 Å². The third-order valence-electron chi connectivity index (χ3n) is 3.31. The average molecular weight is 449 g/mol. The molecule has 0 aliphatic carbocycles. The standard InChI is InChI=1S/C15H17IN2O4S/c1-2-22-15(21)11(17)8-23-12-7-13(19)18(14(12)20)10-5-3-9(16)4-6-10/h3-6,11-12H,2,7-8,17H2,1H3/p+1/t11-,12-/m1/s1. The maximum atomic E-state index is 12.5. The van der Waals surface area contributed by atoms with Gasteiger partial charge in [0.15, 0.2) is 6.04 Å². The van der Waals surface area contributed by atoms with Crippen LogP contribution in [0.4, 0.5) is 5.69 Å². The van der Waals surface area contributed by atoms with Crippen molar-refractivity contribution in [1.82, 2.24) is 0 Å². The summed E-state index contributed by atoms with van der Waals surface area (Å²) in [5.41, 5.74) is 4.33. The summed E-state index contributed by atoms with van der Waals surface area (Å²) < 4.78 is 5.92. The summed E-state index contributed by atoms with van der Waals surface area (Å²) in [6.45, 7) is 2.03. The first-order valence-corrected chi connectivity index (χ1v) is 9.30. The molecule has 1 heterocycles. The van der Waals surface area contributed by atoms with Gasteiger partial charge in [0, 0.05) is 9.99 Å². The van der Waals surface area contributed by atoms with Gasteiger partial charge in [-0.2, -0.15) is 0 Å². The number of carbonyl (C=O) groups excluding carboxylic acids is 3. The van der Waals surface area contributed by atoms with Gasteiger partial charge < -0.3 is 10.5 Å². The molecule has 0 aromatic heterocycles. The van der Waals surface area contributed by atoms with E-state index in [1.54, 1.807) is 19.1 Å². The number of quaternary nitrogens is 1. The minimum absolute atomic E-state index is 0.144. The van der Waals surface area contributed by atoms with Gasteiger partial charge in [-0.05, 0) is 53.8 Å². The fraction of sp³-hybridized carbons (Fsp3) is 0.400. The Morgan fingerprint density at radius 1 is 1.43 bits per heavy atom. The van der Waals surface area contributed by atoms with Gasteiger partial charge in [-0.15, -0.1) is 11.8 Å². The van der Waals surface area contributed by atoms with Crippen molar-refractivity contribution in [1.29, 1.82) is 0 Å². The van der Waals surface area contributed by atoms with E-state index in [4.69, 9.17) is 4.74 Å². The highest BCUT2D eigenvalue weighted by atomic mass is 127. The van der Waals surface area contributed by atoms with Crippen molar-refractivity contribution in [3.05, 3.63) is 27.8 Å². The lowest BCUT2D eigenvalue weighted by Crippen LogP contribution is -2.66. The van der Waals surface area contributed by atoms with E-state index < -0.39 is 11.3 Å². The highest BCUT2D eigenvalue weighted by Gasteiger charge is 2.40. The van der Waals surface area contributed by atoms with Gasteiger partial charge in [-0.3, -0.25) is 9.59 Å². The number of thioether (sulfide) groups is 1. The van der Waals surface area contributed by atoms with Crippen LogP contribution >= 0.6 is 34.4 Å². The van der Waals surface area contributed by atoms with Gasteiger partial charge >= 0.3 is 5.97 Å². The molecule has 1 aliphatic rings. The van der Waals surface area contributed by atoms with Crippen LogP contribution in [0.15, 0.2) is 24.3 Å². The molecule has 0 bridgehead atoms. The quantitative estimate of drug-likeness (QED) is 0.395. The van der Waals surface area contributed by atoms with Crippen molar-refractivity contribution in [2.45, 2.75) is 24.6 Å². The van der Waals surface area contributed by atoms with Crippen LogP contribution in [0.2, 0.25) is 0 Å². The number of benzene rings is 1. The molecule has 0 unspecified atom stereocenters. The molecule has 0 spiro atoms. The van der Waals surface area contributed by atoms with Crippen molar-refractivity contribution < 1.29 is 24.9 Å². The zero-order valence-electron chi connectivity index (χ0n) is 12.7. The monoisotopic (exact) mass is 449 g/mol. The molecular weight excluding hydrogens is 431 g/mol. The number of halogens is 1. The van der Waals surface area contributed by atoms with Crippen LogP contribution < -0.4 is 10.6 Å². The van der Waals surface area contributed by atoms with Crippen molar-refractivity contribution >= 4 is 57.8 Å². The minimum atomic E-state index is -0.546. The van der Waals surface area contributed by atoms with E-state index in [1.807, 2.05) is 12.1 Å². The number of anilines is 1. The molecule has 1 aromatic rings. The van der Waals surface area contributed by atoms with E-state index in [9.17, 15) is 14.4 Å². The van der Waals surface area contributed by atoms with Crippen LogP contribution in [0.25, 0.3) is 0 Å². The second-order valence-corrected chi connectivity index (χ2v) is 7.50. The predicted octanol–water partition coefficient (Wildman–Crippen LogP) is 0.830. The third-order valence-corrected chi connectivity index (χ3v) is 5.39. The summed E-state index contributed by atoms with van der Waals surface area (Å²) in [5.74, 6) is -0.489. The summed E-state index contributed by atoms with van der Waals surface area (Å²) >= 11 is 3.45. The number of ether oxygens (including phenoxy) is 1. The first-order chi connectivity index (χ1) is 10.9. The summed E-state index contributed by atoms with van der Waals surface area (Å²) in [6.07, 6.45) is 0.144. The van der Waals surface area contributed by atoms with Crippen LogP contribution in [0.1, 0.15) is 13.3 Å². The largest absolute Gasteiger partial charge is 0.462 e. The van der Waals surface area contributed by atoms with Gasteiger partial charge in [-0.25, -0.2) is 9.69 Å². The highest BCUT2D eigenvalue weighted by molar-refractivity contribution is 14.1. The lowest BCUT2D eigenvalue weighted by molar-refractivity contribution is -0.401. The molecule has 0 saturated carbocycles. The number of hydrogen-bond donors (Lipinski definition) is 1. The maximum Gasteiger partial charge on any atom is 0.365 e. The van der Waals surface area contributed by atoms with E-state index >= 15 is 0 Å². The molecule has 2 atom stereocenters. The number of rotatable bonds is 6.